The maximum absolute atomic E-state index is 12.4. The van der Waals surface area contributed by atoms with Crippen molar-refractivity contribution in [3.8, 4) is 22.9 Å². The highest BCUT2D eigenvalue weighted by atomic mass is 16.5. The quantitative estimate of drug-likeness (QED) is 0.238. The molecule has 186 valence electrons. The molecule has 8 nitrogen and oxygen atoms in total. The largest absolute Gasteiger partial charge is 0.493 e. The minimum Gasteiger partial charge on any atom is -0.493 e. The zero-order valence-electron chi connectivity index (χ0n) is 20.8. The molecule has 0 saturated carbocycles. The van der Waals surface area contributed by atoms with E-state index >= 15 is 0 Å². The Morgan fingerprint density at radius 1 is 0.972 bits per heavy atom. The summed E-state index contributed by atoms with van der Waals surface area (Å²) in [6.07, 6.45) is 1.52. The molecule has 4 aromatic rings. The molecule has 0 fully saturated rings. The van der Waals surface area contributed by atoms with Crippen LogP contribution in [-0.4, -0.2) is 30.4 Å². The summed E-state index contributed by atoms with van der Waals surface area (Å²) >= 11 is 0. The number of aromatic nitrogens is 1. The number of benzene rings is 2. The molecule has 8 heteroatoms. The van der Waals surface area contributed by atoms with E-state index < -0.39 is 5.91 Å². The van der Waals surface area contributed by atoms with Crippen LogP contribution < -0.4 is 19.6 Å². The van der Waals surface area contributed by atoms with Gasteiger partial charge in [0.2, 0.25) is 0 Å². The first kappa shape index (κ1) is 24.7. The highest BCUT2D eigenvalue weighted by Gasteiger charge is 2.11. The molecular weight excluding hydrogens is 458 g/mol. The van der Waals surface area contributed by atoms with Crippen molar-refractivity contribution in [3.05, 3.63) is 95.2 Å². The second kappa shape index (κ2) is 11.3. The Bertz CT molecular complexity index is 1330. The van der Waals surface area contributed by atoms with Crippen LogP contribution in [0, 0.1) is 13.8 Å². The van der Waals surface area contributed by atoms with Gasteiger partial charge >= 0.3 is 5.91 Å². The molecule has 0 aliphatic carbocycles. The van der Waals surface area contributed by atoms with Gasteiger partial charge in [0.25, 0.3) is 0 Å². The summed E-state index contributed by atoms with van der Waals surface area (Å²) < 4.78 is 24.4. The maximum Gasteiger partial charge on any atom is 0.307 e. The molecule has 2 aromatic carbocycles. The molecule has 2 heterocycles. The molecule has 0 atom stereocenters. The lowest BCUT2D eigenvalue weighted by Gasteiger charge is -2.10. The molecule has 0 unspecified atom stereocenters. The standard InChI is InChI=1S/C28H29N3O5/c1-5-34-27-16-21(8-14-25(27)33-4)17-29-30-28(32)26-15-13-24(36-26)18-35-23-11-9-22(10-12-23)31-19(2)6-7-20(31)3/h6-17H,5,18H2,1-4H3,(H,30,32)/b29-17+. The van der Waals surface area contributed by atoms with Crippen molar-refractivity contribution in [1.29, 1.82) is 0 Å². The number of nitrogens with zero attached hydrogens (tertiary/aromatic N) is 2. The average molecular weight is 488 g/mol. The number of hydrogen-bond acceptors (Lipinski definition) is 6. The maximum atomic E-state index is 12.4. The number of hydrogen-bond donors (Lipinski definition) is 1. The van der Waals surface area contributed by atoms with Gasteiger partial charge in [-0.1, -0.05) is 0 Å². The van der Waals surface area contributed by atoms with E-state index in [4.69, 9.17) is 18.6 Å². The number of ether oxygens (including phenoxy) is 3. The zero-order valence-corrected chi connectivity index (χ0v) is 20.8. The first-order valence-corrected chi connectivity index (χ1v) is 11.6. The van der Waals surface area contributed by atoms with Gasteiger partial charge in [0.15, 0.2) is 17.3 Å². The Hall–Kier alpha value is -4.46. The van der Waals surface area contributed by atoms with Crippen LogP contribution in [0.15, 0.2) is 76.2 Å². The number of hydrazone groups is 1. The SMILES string of the molecule is CCOc1cc(/C=N/NC(=O)c2ccc(COc3ccc(-n4c(C)ccc4C)cc3)o2)ccc1OC. The smallest absolute Gasteiger partial charge is 0.307 e. The summed E-state index contributed by atoms with van der Waals surface area (Å²) in [7, 11) is 1.58. The Kier molecular flexibility index (Phi) is 7.75. The summed E-state index contributed by atoms with van der Waals surface area (Å²) in [5.74, 6) is 2.16. The number of aryl methyl sites for hydroxylation is 2. The fraction of sp³-hybridized carbons (Fsp3) is 0.214. The van der Waals surface area contributed by atoms with Crippen molar-refractivity contribution < 1.29 is 23.4 Å². The van der Waals surface area contributed by atoms with E-state index in [0.29, 0.717) is 29.6 Å². The van der Waals surface area contributed by atoms with E-state index in [0.717, 1.165) is 11.3 Å². The van der Waals surface area contributed by atoms with E-state index in [-0.39, 0.29) is 12.4 Å². The van der Waals surface area contributed by atoms with Crippen molar-refractivity contribution in [2.24, 2.45) is 5.10 Å². The molecule has 36 heavy (non-hydrogen) atoms. The lowest BCUT2D eigenvalue weighted by molar-refractivity contribution is 0.0923. The van der Waals surface area contributed by atoms with Crippen LogP contribution in [-0.2, 0) is 6.61 Å². The first-order valence-electron chi connectivity index (χ1n) is 11.6. The average Bonchev–Trinajstić information content (AvgIpc) is 3.50. The molecule has 2 aromatic heterocycles. The van der Waals surface area contributed by atoms with Crippen molar-refractivity contribution in [1.82, 2.24) is 9.99 Å². The van der Waals surface area contributed by atoms with Gasteiger partial charge in [-0.15, -0.1) is 0 Å². The van der Waals surface area contributed by atoms with Crippen LogP contribution in [0.1, 0.15) is 40.2 Å². The number of methoxy groups -OCH3 is 1. The first-order chi connectivity index (χ1) is 17.5. The topological polar surface area (TPSA) is 87.2 Å². The second-order valence-corrected chi connectivity index (χ2v) is 8.04. The van der Waals surface area contributed by atoms with Crippen LogP contribution in [0.5, 0.6) is 17.2 Å². The van der Waals surface area contributed by atoms with Gasteiger partial charge in [0.05, 0.1) is 19.9 Å². The number of carbonyl (C=O) groups excluding carboxylic acids is 1. The van der Waals surface area contributed by atoms with E-state index in [1.165, 1.54) is 17.6 Å². The highest BCUT2D eigenvalue weighted by molar-refractivity contribution is 5.92. The zero-order chi connectivity index (χ0) is 25.5. The van der Waals surface area contributed by atoms with E-state index in [1.807, 2.05) is 37.3 Å². The molecule has 0 aliphatic rings. The summed E-state index contributed by atoms with van der Waals surface area (Å²) in [4.78, 5) is 12.4. The fourth-order valence-corrected chi connectivity index (χ4v) is 3.76. The number of rotatable bonds is 10. The van der Waals surface area contributed by atoms with Crippen molar-refractivity contribution in [2.75, 3.05) is 13.7 Å². The third kappa shape index (κ3) is 5.78. The van der Waals surface area contributed by atoms with Crippen molar-refractivity contribution in [2.45, 2.75) is 27.4 Å². The van der Waals surface area contributed by atoms with Gasteiger partial charge in [0, 0.05) is 17.1 Å². The highest BCUT2D eigenvalue weighted by Crippen LogP contribution is 2.27. The van der Waals surface area contributed by atoms with Crippen molar-refractivity contribution in [3.63, 3.8) is 0 Å². The lowest BCUT2D eigenvalue weighted by Crippen LogP contribution is -2.16. The third-order valence-corrected chi connectivity index (χ3v) is 5.50. The van der Waals surface area contributed by atoms with Crippen LogP contribution in [0.3, 0.4) is 0 Å². The number of amides is 1. The summed E-state index contributed by atoms with van der Waals surface area (Å²) in [5.41, 5.74) is 6.63. The second-order valence-electron chi connectivity index (χ2n) is 8.04. The molecule has 0 aliphatic heterocycles. The van der Waals surface area contributed by atoms with E-state index in [2.05, 4.69) is 41.1 Å². The molecule has 4 rings (SSSR count). The van der Waals surface area contributed by atoms with Crippen molar-refractivity contribution >= 4 is 12.1 Å². The van der Waals surface area contributed by atoms with Crippen LogP contribution in [0.2, 0.25) is 0 Å². The third-order valence-electron chi connectivity index (χ3n) is 5.50. The molecule has 0 radical (unpaired) electrons. The molecule has 0 saturated heterocycles. The van der Waals surface area contributed by atoms with Crippen LogP contribution >= 0.6 is 0 Å². The van der Waals surface area contributed by atoms with E-state index in [1.54, 1.807) is 31.4 Å². The van der Waals surface area contributed by atoms with Gasteiger partial charge < -0.3 is 23.2 Å². The normalized spacial score (nSPS) is 11.0. The molecular formula is C28H29N3O5. The van der Waals surface area contributed by atoms with Gasteiger partial charge in [-0.25, -0.2) is 5.43 Å². The number of furan rings is 1. The van der Waals surface area contributed by atoms with Gasteiger partial charge in [-0.2, -0.15) is 5.10 Å². The minimum atomic E-state index is -0.460. The van der Waals surface area contributed by atoms with Gasteiger partial charge in [0.1, 0.15) is 18.1 Å². The lowest BCUT2D eigenvalue weighted by atomic mass is 10.2. The molecule has 1 N–H and O–H groups in total. The minimum absolute atomic E-state index is 0.143. The molecule has 1 amide bonds. The summed E-state index contributed by atoms with van der Waals surface area (Å²) in [5, 5.41) is 4.00. The van der Waals surface area contributed by atoms with Crippen LogP contribution in [0.4, 0.5) is 0 Å². The molecule has 0 bridgehead atoms. The predicted octanol–water partition coefficient (Wildman–Crippen LogP) is 5.44. The molecule has 0 spiro atoms. The van der Waals surface area contributed by atoms with E-state index in [9.17, 15) is 4.79 Å². The number of carbonyl (C=O) groups is 1. The van der Waals surface area contributed by atoms with Gasteiger partial charge in [-0.05, 0) is 93.1 Å². The Labute approximate surface area is 210 Å². The van der Waals surface area contributed by atoms with Crippen LogP contribution in [0.25, 0.3) is 5.69 Å². The van der Waals surface area contributed by atoms with Gasteiger partial charge in [-0.3, -0.25) is 4.79 Å². The predicted molar refractivity (Wildman–Crippen MR) is 138 cm³/mol. The monoisotopic (exact) mass is 487 g/mol. The Morgan fingerprint density at radius 3 is 2.42 bits per heavy atom. The Balaban J connectivity index is 1.31. The summed E-state index contributed by atoms with van der Waals surface area (Å²) in [6, 6.07) is 20.7. The fourth-order valence-electron chi connectivity index (χ4n) is 3.76. The summed E-state index contributed by atoms with van der Waals surface area (Å²) in [6.45, 7) is 6.75. The number of nitrogens with one attached hydrogen (secondary N) is 1. The Morgan fingerprint density at radius 2 is 1.72 bits per heavy atom.